The quantitative estimate of drug-likeness (QED) is 0.907. The zero-order chi connectivity index (χ0) is 13.8. The highest BCUT2D eigenvalue weighted by atomic mass is 32.2. The number of hydrogen-bond donors (Lipinski definition) is 1. The van der Waals surface area contributed by atoms with Crippen molar-refractivity contribution in [1.29, 1.82) is 0 Å². The van der Waals surface area contributed by atoms with Crippen molar-refractivity contribution >= 4 is 21.6 Å². The molecule has 0 aliphatic carbocycles. The van der Waals surface area contributed by atoms with Crippen LogP contribution in [0.3, 0.4) is 0 Å². The molecule has 0 spiro atoms. The summed E-state index contributed by atoms with van der Waals surface area (Å²) < 4.78 is 12.6. The molecule has 2 rings (SSSR count). The van der Waals surface area contributed by atoms with Gasteiger partial charge in [-0.15, -0.1) is 0 Å². The summed E-state index contributed by atoms with van der Waals surface area (Å²) in [6.45, 7) is 4.17. The van der Waals surface area contributed by atoms with Gasteiger partial charge in [0.05, 0.1) is 16.0 Å². The van der Waals surface area contributed by atoms with Crippen molar-refractivity contribution in [2.24, 2.45) is 0 Å². The summed E-state index contributed by atoms with van der Waals surface area (Å²) >= 11 is 0. The second-order valence-electron chi connectivity index (χ2n) is 4.81. The molecule has 0 heterocycles. The van der Waals surface area contributed by atoms with Gasteiger partial charge in [0.1, 0.15) is 0 Å². The smallest absolute Gasteiger partial charge is 0.0574 e. The van der Waals surface area contributed by atoms with E-state index in [1.54, 1.807) is 0 Å². The molecule has 3 heteroatoms. The Labute approximate surface area is 117 Å². The largest absolute Gasteiger partial charge is 0.316 e. The zero-order valence-corrected chi connectivity index (χ0v) is 12.5. The van der Waals surface area contributed by atoms with Crippen LogP contribution in [-0.4, -0.2) is 22.5 Å². The van der Waals surface area contributed by atoms with Crippen molar-refractivity contribution in [2.75, 3.05) is 7.05 Å². The molecule has 1 N–H and O–H groups in total. The highest BCUT2D eigenvalue weighted by Crippen LogP contribution is 2.21. The fourth-order valence-electron chi connectivity index (χ4n) is 2.43. The van der Waals surface area contributed by atoms with Gasteiger partial charge in [-0.25, -0.2) is 0 Å². The predicted octanol–water partition coefficient (Wildman–Crippen LogP) is 3.33. The highest BCUT2D eigenvalue weighted by Gasteiger charge is 2.21. The van der Waals surface area contributed by atoms with Crippen LogP contribution in [0.25, 0.3) is 10.8 Å². The van der Waals surface area contributed by atoms with Gasteiger partial charge in [-0.3, -0.25) is 4.21 Å². The zero-order valence-electron chi connectivity index (χ0n) is 11.7. The van der Waals surface area contributed by atoms with Crippen LogP contribution in [0.1, 0.15) is 20.3 Å². The summed E-state index contributed by atoms with van der Waals surface area (Å²) in [7, 11) is 0.956. The maximum atomic E-state index is 12.6. The molecule has 0 aliphatic rings. The van der Waals surface area contributed by atoms with E-state index in [0.717, 1.165) is 16.7 Å². The molecule has 3 unspecified atom stereocenters. The van der Waals surface area contributed by atoms with Crippen molar-refractivity contribution in [3.63, 3.8) is 0 Å². The fourth-order valence-corrected chi connectivity index (χ4v) is 3.93. The number of fused-ring (bicyclic) bond motifs is 1. The molecule has 0 saturated carbocycles. The number of rotatable bonds is 5. The van der Waals surface area contributed by atoms with E-state index in [9.17, 15) is 4.21 Å². The minimum Gasteiger partial charge on any atom is -0.316 e. The van der Waals surface area contributed by atoms with Crippen LogP contribution in [0.2, 0.25) is 0 Å². The van der Waals surface area contributed by atoms with Crippen molar-refractivity contribution in [3.05, 3.63) is 42.5 Å². The van der Waals surface area contributed by atoms with Crippen LogP contribution in [0.5, 0.6) is 0 Å². The summed E-state index contributed by atoms with van der Waals surface area (Å²) in [6, 6.07) is 14.5. The monoisotopic (exact) mass is 275 g/mol. The summed E-state index contributed by atoms with van der Waals surface area (Å²) in [4.78, 5) is 0.917. The van der Waals surface area contributed by atoms with Crippen molar-refractivity contribution in [3.8, 4) is 0 Å². The van der Waals surface area contributed by atoms with Gasteiger partial charge < -0.3 is 5.32 Å². The van der Waals surface area contributed by atoms with Gasteiger partial charge in [-0.1, -0.05) is 37.3 Å². The molecule has 0 bridgehead atoms. The van der Waals surface area contributed by atoms with Gasteiger partial charge in [0.15, 0.2) is 0 Å². The first-order valence-electron chi connectivity index (χ1n) is 6.74. The van der Waals surface area contributed by atoms with Gasteiger partial charge >= 0.3 is 0 Å². The molecule has 3 atom stereocenters. The normalized spacial score (nSPS) is 16.2. The SMILES string of the molecule is CCC(NC)C(C)S(=O)c1ccc2ccccc2c1. The molecule has 102 valence electrons. The molecular formula is C16H21NOS. The Bertz CT molecular complexity index is 578. The second-order valence-corrected chi connectivity index (χ2v) is 6.62. The van der Waals surface area contributed by atoms with E-state index in [1.807, 2.05) is 31.3 Å². The number of benzene rings is 2. The lowest BCUT2D eigenvalue weighted by molar-refractivity contribution is 0.529. The third-order valence-corrected chi connectivity index (χ3v) is 5.39. The van der Waals surface area contributed by atoms with E-state index in [1.165, 1.54) is 5.39 Å². The van der Waals surface area contributed by atoms with Crippen LogP contribution in [0, 0.1) is 0 Å². The second kappa shape index (κ2) is 6.31. The summed E-state index contributed by atoms with van der Waals surface area (Å²) in [5.74, 6) is 0. The van der Waals surface area contributed by atoms with E-state index >= 15 is 0 Å². The van der Waals surface area contributed by atoms with Gasteiger partial charge in [-0.2, -0.15) is 0 Å². The van der Waals surface area contributed by atoms with Gasteiger partial charge in [0.2, 0.25) is 0 Å². The van der Waals surface area contributed by atoms with Gasteiger partial charge in [-0.05, 0) is 43.3 Å². The lowest BCUT2D eigenvalue weighted by Crippen LogP contribution is -2.37. The molecule has 0 radical (unpaired) electrons. The molecule has 0 aromatic heterocycles. The number of hydrogen-bond acceptors (Lipinski definition) is 2. The molecule has 2 aromatic rings. The van der Waals surface area contributed by atoms with E-state index in [2.05, 4.69) is 37.4 Å². The van der Waals surface area contributed by atoms with Gasteiger partial charge in [0, 0.05) is 10.9 Å². The topological polar surface area (TPSA) is 29.1 Å². The highest BCUT2D eigenvalue weighted by molar-refractivity contribution is 7.85. The molecule has 0 saturated heterocycles. The first-order chi connectivity index (χ1) is 9.17. The Balaban J connectivity index is 2.30. The van der Waals surface area contributed by atoms with Crippen molar-refractivity contribution < 1.29 is 4.21 Å². The van der Waals surface area contributed by atoms with E-state index in [0.29, 0.717) is 0 Å². The Morgan fingerprint density at radius 3 is 2.47 bits per heavy atom. The molecule has 0 fully saturated rings. The summed E-state index contributed by atoms with van der Waals surface area (Å²) in [5, 5.41) is 5.70. The number of nitrogens with one attached hydrogen (secondary N) is 1. The minimum atomic E-state index is -0.977. The van der Waals surface area contributed by atoms with E-state index in [-0.39, 0.29) is 11.3 Å². The lowest BCUT2D eigenvalue weighted by Gasteiger charge is -2.21. The predicted molar refractivity (Wildman–Crippen MR) is 83.0 cm³/mol. The molecule has 0 aliphatic heterocycles. The molecule has 2 nitrogen and oxygen atoms in total. The maximum Gasteiger partial charge on any atom is 0.0574 e. The van der Waals surface area contributed by atoms with Gasteiger partial charge in [0.25, 0.3) is 0 Å². The Morgan fingerprint density at radius 1 is 1.16 bits per heavy atom. The average Bonchev–Trinajstić information content (AvgIpc) is 2.47. The molecule has 0 amide bonds. The minimum absolute atomic E-state index is 0.108. The standard InChI is InChI=1S/C16H21NOS/c1-4-16(17-3)12(2)19(18)15-10-9-13-7-5-6-8-14(13)11-15/h5-12,16-17H,4H2,1-3H3. The van der Waals surface area contributed by atoms with Crippen LogP contribution in [0.15, 0.2) is 47.4 Å². The van der Waals surface area contributed by atoms with Crippen molar-refractivity contribution in [1.82, 2.24) is 5.32 Å². The van der Waals surface area contributed by atoms with Crippen molar-refractivity contribution in [2.45, 2.75) is 36.5 Å². The Kier molecular flexibility index (Phi) is 4.72. The molecule has 2 aromatic carbocycles. The first kappa shape index (κ1) is 14.2. The Morgan fingerprint density at radius 2 is 1.84 bits per heavy atom. The first-order valence-corrected chi connectivity index (χ1v) is 7.95. The third kappa shape index (κ3) is 3.04. The van der Waals surface area contributed by atoms with Crippen LogP contribution >= 0.6 is 0 Å². The van der Waals surface area contributed by atoms with E-state index in [4.69, 9.17) is 0 Å². The fraction of sp³-hybridized carbons (Fsp3) is 0.375. The lowest BCUT2D eigenvalue weighted by atomic mass is 10.1. The third-order valence-electron chi connectivity index (χ3n) is 3.67. The maximum absolute atomic E-state index is 12.6. The molecular weight excluding hydrogens is 254 g/mol. The Hall–Kier alpha value is -1.19. The van der Waals surface area contributed by atoms with Crippen LogP contribution in [-0.2, 0) is 10.8 Å². The van der Waals surface area contributed by atoms with Crippen LogP contribution < -0.4 is 5.32 Å². The summed E-state index contributed by atoms with van der Waals surface area (Å²) in [6.07, 6.45) is 0.983. The average molecular weight is 275 g/mol. The molecule has 19 heavy (non-hydrogen) atoms. The summed E-state index contributed by atoms with van der Waals surface area (Å²) in [5.41, 5.74) is 0. The van der Waals surface area contributed by atoms with Crippen LogP contribution in [0.4, 0.5) is 0 Å². The van der Waals surface area contributed by atoms with E-state index < -0.39 is 10.8 Å².